The third-order valence-corrected chi connectivity index (χ3v) is 2.03. The van der Waals surface area contributed by atoms with Crippen LogP contribution in [0.5, 0.6) is 0 Å². The minimum atomic E-state index is 0.0289. The minimum Gasteiger partial charge on any atom is -0.394 e. The van der Waals surface area contributed by atoms with Gasteiger partial charge in [0, 0.05) is 11.1 Å². The van der Waals surface area contributed by atoms with Gasteiger partial charge in [0.1, 0.15) is 5.84 Å². The first-order chi connectivity index (χ1) is 6.83. The molecule has 4 nitrogen and oxygen atoms in total. The van der Waals surface area contributed by atoms with Gasteiger partial charge in [-0.2, -0.15) is 0 Å². The van der Waals surface area contributed by atoms with Gasteiger partial charge in [-0.3, -0.25) is 4.99 Å². The van der Waals surface area contributed by atoms with E-state index in [2.05, 4.69) is 9.98 Å². The van der Waals surface area contributed by atoms with Gasteiger partial charge in [-0.05, 0) is 0 Å². The first-order valence-electron chi connectivity index (χ1n) is 4.42. The van der Waals surface area contributed by atoms with Crippen LogP contribution in [0.2, 0.25) is 0 Å². The van der Waals surface area contributed by atoms with Gasteiger partial charge in [0.25, 0.3) is 0 Å². The van der Waals surface area contributed by atoms with Crippen LogP contribution in [0.4, 0.5) is 0 Å². The fourth-order valence-corrected chi connectivity index (χ4v) is 1.41. The zero-order chi connectivity index (χ0) is 9.97. The third-order valence-electron chi connectivity index (χ3n) is 2.03. The Morgan fingerprint density at radius 3 is 2.71 bits per heavy atom. The molecule has 1 aromatic carbocycles. The van der Waals surface area contributed by atoms with Gasteiger partial charge in [0.05, 0.1) is 13.2 Å². The van der Waals surface area contributed by atoms with Gasteiger partial charge < -0.3 is 10.8 Å². The molecule has 1 aliphatic rings. The highest BCUT2D eigenvalue weighted by molar-refractivity contribution is 6.21. The molecule has 0 unspecified atom stereocenters. The number of fused-ring (bicyclic) bond motifs is 1. The van der Waals surface area contributed by atoms with E-state index in [9.17, 15) is 0 Å². The molecule has 1 aliphatic heterocycles. The van der Waals surface area contributed by atoms with E-state index in [4.69, 9.17) is 10.8 Å². The Labute approximate surface area is 81.8 Å². The van der Waals surface area contributed by atoms with Crippen LogP contribution in [0.25, 0.3) is 0 Å². The van der Waals surface area contributed by atoms with E-state index in [-0.39, 0.29) is 6.61 Å². The zero-order valence-corrected chi connectivity index (χ0v) is 7.64. The fraction of sp³-hybridized carbons (Fsp3) is 0.200. The molecule has 72 valence electrons. The molecule has 2 rings (SSSR count). The fourth-order valence-electron chi connectivity index (χ4n) is 1.41. The summed E-state index contributed by atoms with van der Waals surface area (Å²) in [5.74, 6) is 1.12. The van der Waals surface area contributed by atoms with E-state index in [1.165, 1.54) is 0 Å². The molecule has 0 aliphatic carbocycles. The second-order valence-electron chi connectivity index (χ2n) is 2.97. The monoisotopic (exact) mass is 189 g/mol. The van der Waals surface area contributed by atoms with Crippen molar-refractivity contribution >= 4 is 11.7 Å². The summed E-state index contributed by atoms with van der Waals surface area (Å²) in [5, 5.41) is 8.65. The van der Waals surface area contributed by atoms with Crippen molar-refractivity contribution in [2.75, 3.05) is 13.2 Å². The van der Waals surface area contributed by atoms with Gasteiger partial charge in [-0.25, -0.2) is 4.99 Å². The Balaban J connectivity index is 2.42. The van der Waals surface area contributed by atoms with Crippen molar-refractivity contribution in [3.05, 3.63) is 35.4 Å². The van der Waals surface area contributed by atoms with Crippen molar-refractivity contribution in [3.63, 3.8) is 0 Å². The molecule has 4 heteroatoms. The summed E-state index contributed by atoms with van der Waals surface area (Å²) in [7, 11) is 0. The van der Waals surface area contributed by atoms with E-state index in [1.54, 1.807) is 0 Å². The number of rotatable bonds is 2. The number of hydrogen-bond donors (Lipinski definition) is 2. The molecule has 0 saturated carbocycles. The number of nitrogens with two attached hydrogens (primary N) is 1. The predicted molar refractivity (Wildman–Crippen MR) is 55.7 cm³/mol. The molecule has 1 heterocycles. The molecule has 0 atom stereocenters. The minimum absolute atomic E-state index is 0.0289. The van der Waals surface area contributed by atoms with E-state index in [0.717, 1.165) is 11.1 Å². The highest BCUT2D eigenvalue weighted by atomic mass is 16.3. The number of aliphatic hydroxyl groups is 1. The van der Waals surface area contributed by atoms with Gasteiger partial charge in [-0.15, -0.1) is 0 Å². The Kier molecular flexibility index (Phi) is 2.28. The maximum atomic E-state index is 8.65. The Bertz CT molecular complexity index is 410. The molecule has 0 saturated heterocycles. The van der Waals surface area contributed by atoms with E-state index in [0.29, 0.717) is 18.2 Å². The first-order valence-corrected chi connectivity index (χ1v) is 4.42. The summed E-state index contributed by atoms with van der Waals surface area (Å²) in [6.07, 6.45) is 0. The summed E-state index contributed by atoms with van der Waals surface area (Å²) in [6, 6.07) is 7.67. The highest BCUT2D eigenvalue weighted by Gasteiger charge is 2.17. The largest absolute Gasteiger partial charge is 0.394 e. The maximum Gasteiger partial charge on any atom is 0.157 e. The molecule has 0 amide bonds. The van der Waals surface area contributed by atoms with Crippen molar-refractivity contribution in [2.24, 2.45) is 15.7 Å². The van der Waals surface area contributed by atoms with Crippen LogP contribution in [0.3, 0.4) is 0 Å². The van der Waals surface area contributed by atoms with Crippen LogP contribution in [0.15, 0.2) is 34.3 Å². The first kappa shape index (κ1) is 8.90. The molecule has 1 aromatic rings. The second-order valence-corrected chi connectivity index (χ2v) is 2.97. The molecule has 0 aromatic heterocycles. The zero-order valence-electron chi connectivity index (χ0n) is 7.64. The van der Waals surface area contributed by atoms with E-state index >= 15 is 0 Å². The van der Waals surface area contributed by atoms with Crippen molar-refractivity contribution in [2.45, 2.75) is 0 Å². The van der Waals surface area contributed by atoms with E-state index < -0.39 is 0 Å². The second kappa shape index (κ2) is 3.59. The lowest BCUT2D eigenvalue weighted by Gasteiger charge is -1.97. The summed E-state index contributed by atoms with van der Waals surface area (Å²) in [6.45, 7) is 0.390. The molecule has 14 heavy (non-hydrogen) atoms. The number of amidine groups is 2. The lowest BCUT2D eigenvalue weighted by atomic mass is 10.1. The van der Waals surface area contributed by atoms with Crippen LogP contribution >= 0.6 is 0 Å². The standard InChI is InChI=1S/C10H11N3O/c11-9-7-3-1-2-4-8(7)10(13-9)12-5-6-14/h1-4,14H,5-6H2,(H2,11,12,13). The number of hydrogen-bond acceptors (Lipinski definition) is 3. The molecule has 0 bridgehead atoms. The number of aliphatic hydroxyl groups excluding tert-OH is 1. The number of aliphatic imine (C=N–C) groups is 2. The van der Waals surface area contributed by atoms with Crippen molar-refractivity contribution < 1.29 is 5.11 Å². The van der Waals surface area contributed by atoms with Gasteiger partial charge in [0.2, 0.25) is 0 Å². The molecular formula is C10H11N3O. The van der Waals surface area contributed by atoms with Crippen LogP contribution < -0.4 is 5.73 Å². The Morgan fingerprint density at radius 1 is 1.29 bits per heavy atom. The molecule has 0 radical (unpaired) electrons. The van der Waals surface area contributed by atoms with Crippen LogP contribution in [-0.2, 0) is 0 Å². The van der Waals surface area contributed by atoms with Crippen LogP contribution in [0.1, 0.15) is 11.1 Å². The summed E-state index contributed by atoms with van der Waals surface area (Å²) < 4.78 is 0. The van der Waals surface area contributed by atoms with Crippen LogP contribution in [-0.4, -0.2) is 29.9 Å². The van der Waals surface area contributed by atoms with Crippen LogP contribution in [0, 0.1) is 0 Å². The van der Waals surface area contributed by atoms with Crippen molar-refractivity contribution in [1.29, 1.82) is 0 Å². The molecule has 0 fully saturated rings. The molecule has 0 spiro atoms. The van der Waals surface area contributed by atoms with E-state index in [1.807, 2.05) is 24.3 Å². The van der Waals surface area contributed by atoms with Gasteiger partial charge >= 0.3 is 0 Å². The van der Waals surface area contributed by atoms with Crippen molar-refractivity contribution in [3.8, 4) is 0 Å². The lowest BCUT2D eigenvalue weighted by Crippen LogP contribution is -2.09. The third kappa shape index (κ3) is 1.40. The Hall–Kier alpha value is -1.68. The maximum absolute atomic E-state index is 8.65. The lowest BCUT2D eigenvalue weighted by molar-refractivity contribution is 0.307. The summed E-state index contributed by atoms with van der Waals surface area (Å²) in [5.41, 5.74) is 7.58. The summed E-state index contributed by atoms with van der Waals surface area (Å²) >= 11 is 0. The number of benzene rings is 1. The average Bonchev–Trinajstić information content (AvgIpc) is 2.54. The smallest absolute Gasteiger partial charge is 0.157 e. The topological polar surface area (TPSA) is 71.0 Å². The Morgan fingerprint density at radius 2 is 2.00 bits per heavy atom. The average molecular weight is 189 g/mol. The summed E-state index contributed by atoms with van der Waals surface area (Å²) in [4.78, 5) is 8.26. The quantitative estimate of drug-likeness (QED) is 0.695. The molecule has 3 N–H and O–H groups in total. The predicted octanol–water partition coefficient (Wildman–Crippen LogP) is 0.144. The van der Waals surface area contributed by atoms with Gasteiger partial charge in [0.15, 0.2) is 5.84 Å². The van der Waals surface area contributed by atoms with Gasteiger partial charge in [-0.1, -0.05) is 24.3 Å². The SMILES string of the molecule is NC1=NC(=NCCO)c2ccccc21. The molecular weight excluding hydrogens is 178 g/mol. The normalized spacial score (nSPS) is 16.9. The number of nitrogens with zero attached hydrogens (tertiary/aromatic N) is 2. The van der Waals surface area contributed by atoms with Crippen molar-refractivity contribution in [1.82, 2.24) is 0 Å². The highest BCUT2D eigenvalue weighted by Crippen LogP contribution is 2.16.